The van der Waals surface area contributed by atoms with Gasteiger partial charge in [0.05, 0.1) is 0 Å². The fourth-order valence-corrected chi connectivity index (χ4v) is 2.81. The number of nitrogens with one attached hydrogen (secondary N) is 2. The fourth-order valence-electron chi connectivity index (χ4n) is 2.81. The van der Waals surface area contributed by atoms with E-state index in [1.54, 1.807) is 12.1 Å². The van der Waals surface area contributed by atoms with Crippen LogP contribution in [0.4, 0.5) is 13.2 Å². The second-order valence-electron chi connectivity index (χ2n) is 6.66. The molecule has 1 aliphatic heterocycles. The Bertz CT molecular complexity index is 576. The van der Waals surface area contributed by atoms with Crippen molar-refractivity contribution in [3.8, 4) is 5.75 Å². The maximum absolute atomic E-state index is 13.3. The van der Waals surface area contributed by atoms with Gasteiger partial charge >= 0.3 is 6.18 Å². The Labute approximate surface area is 164 Å². The molecule has 1 unspecified atom stereocenters. The first-order valence-electron chi connectivity index (χ1n) is 8.78. The Morgan fingerprint density at radius 3 is 2.33 bits per heavy atom. The number of alkyl halides is 3. The van der Waals surface area contributed by atoms with E-state index in [9.17, 15) is 18.0 Å². The Morgan fingerprint density at radius 1 is 1.22 bits per heavy atom. The van der Waals surface area contributed by atoms with Crippen LogP contribution in [0.25, 0.3) is 0 Å². The van der Waals surface area contributed by atoms with Gasteiger partial charge in [0.15, 0.2) is 6.61 Å². The number of halogens is 4. The number of piperazine rings is 1. The molecule has 1 atom stereocenters. The van der Waals surface area contributed by atoms with Gasteiger partial charge in [0, 0.05) is 32.7 Å². The molecule has 9 heteroatoms. The third-order valence-corrected chi connectivity index (χ3v) is 4.38. The van der Waals surface area contributed by atoms with E-state index >= 15 is 0 Å². The summed E-state index contributed by atoms with van der Waals surface area (Å²) in [6.45, 7) is 4.98. The van der Waals surface area contributed by atoms with E-state index in [1.807, 2.05) is 12.1 Å². The van der Waals surface area contributed by atoms with Crippen LogP contribution in [0.5, 0.6) is 5.75 Å². The molecule has 0 aromatic heterocycles. The highest BCUT2D eigenvalue weighted by molar-refractivity contribution is 5.85. The van der Waals surface area contributed by atoms with Gasteiger partial charge in [-0.05, 0) is 23.6 Å². The van der Waals surface area contributed by atoms with E-state index in [4.69, 9.17) is 4.74 Å². The quantitative estimate of drug-likeness (QED) is 0.726. The van der Waals surface area contributed by atoms with E-state index < -0.39 is 24.7 Å². The van der Waals surface area contributed by atoms with Crippen molar-refractivity contribution in [1.82, 2.24) is 15.5 Å². The first-order chi connectivity index (χ1) is 12.3. The molecular weight excluding hydrogens is 383 g/mol. The molecule has 5 nitrogen and oxygen atoms in total. The van der Waals surface area contributed by atoms with Crippen molar-refractivity contribution in [3.63, 3.8) is 0 Å². The van der Waals surface area contributed by atoms with Gasteiger partial charge in [-0.3, -0.25) is 9.69 Å². The van der Waals surface area contributed by atoms with Gasteiger partial charge in [0.2, 0.25) is 0 Å². The summed E-state index contributed by atoms with van der Waals surface area (Å²) in [5.41, 5.74) is 1.14. The predicted molar refractivity (Wildman–Crippen MR) is 101 cm³/mol. The lowest BCUT2D eigenvalue weighted by molar-refractivity contribution is -0.184. The summed E-state index contributed by atoms with van der Waals surface area (Å²) >= 11 is 0. The average Bonchev–Trinajstić information content (AvgIpc) is 2.60. The molecule has 0 saturated carbocycles. The minimum Gasteiger partial charge on any atom is -0.484 e. The molecule has 2 rings (SSSR count). The maximum atomic E-state index is 13.3. The van der Waals surface area contributed by atoms with Crippen LogP contribution < -0.4 is 15.4 Å². The van der Waals surface area contributed by atoms with Crippen molar-refractivity contribution in [2.45, 2.75) is 32.0 Å². The minimum atomic E-state index is -4.39. The van der Waals surface area contributed by atoms with Gasteiger partial charge in [0.25, 0.3) is 5.91 Å². The van der Waals surface area contributed by atoms with E-state index in [0.717, 1.165) is 5.56 Å². The van der Waals surface area contributed by atoms with Gasteiger partial charge in [-0.1, -0.05) is 26.0 Å². The van der Waals surface area contributed by atoms with E-state index in [-0.39, 0.29) is 19.0 Å². The number of ether oxygens (including phenoxy) is 1. The fraction of sp³-hybridized carbons (Fsp3) is 0.611. The van der Waals surface area contributed by atoms with Crippen molar-refractivity contribution >= 4 is 18.3 Å². The molecule has 0 bridgehead atoms. The largest absolute Gasteiger partial charge is 0.484 e. The topological polar surface area (TPSA) is 53.6 Å². The lowest BCUT2D eigenvalue weighted by Crippen LogP contribution is -2.57. The Balaban J connectivity index is 0.00000364. The molecule has 1 heterocycles. The number of carbonyl (C=O) groups is 1. The lowest BCUT2D eigenvalue weighted by Gasteiger charge is -2.35. The molecule has 0 aliphatic carbocycles. The van der Waals surface area contributed by atoms with Crippen molar-refractivity contribution in [2.24, 2.45) is 0 Å². The Hall–Kier alpha value is -1.51. The van der Waals surface area contributed by atoms with Crippen LogP contribution in [-0.4, -0.2) is 62.4 Å². The second kappa shape index (κ2) is 10.7. The smallest absolute Gasteiger partial charge is 0.405 e. The number of amides is 1. The molecule has 1 aliphatic rings. The molecule has 1 aromatic carbocycles. The highest BCUT2D eigenvalue weighted by Gasteiger charge is 2.43. The highest BCUT2D eigenvalue weighted by Crippen LogP contribution is 2.24. The summed E-state index contributed by atoms with van der Waals surface area (Å²) < 4.78 is 45.1. The molecule has 154 valence electrons. The van der Waals surface area contributed by atoms with Crippen molar-refractivity contribution in [3.05, 3.63) is 29.8 Å². The summed E-state index contributed by atoms with van der Waals surface area (Å²) in [5, 5.41) is 5.36. The number of hydrogen-bond acceptors (Lipinski definition) is 4. The summed E-state index contributed by atoms with van der Waals surface area (Å²) in [4.78, 5) is 13.2. The molecule has 0 radical (unpaired) electrons. The molecule has 1 saturated heterocycles. The molecule has 1 aromatic rings. The standard InChI is InChI=1S/C18H26F3N3O2.ClH/c1-13(2)14-3-5-15(6-4-14)26-12-17(25)23-11-16(18(19,20)21)24-9-7-22-8-10-24;/h3-6,13,16,22H,7-12H2,1-2H3,(H,23,25);1H. The Morgan fingerprint density at radius 2 is 1.81 bits per heavy atom. The summed E-state index contributed by atoms with van der Waals surface area (Å²) in [6.07, 6.45) is -4.39. The Kier molecular flexibility index (Phi) is 9.35. The van der Waals surface area contributed by atoms with Crippen LogP contribution in [0.15, 0.2) is 24.3 Å². The van der Waals surface area contributed by atoms with Gasteiger partial charge in [-0.15, -0.1) is 12.4 Å². The number of benzene rings is 1. The predicted octanol–water partition coefficient (Wildman–Crippen LogP) is 2.56. The third kappa shape index (κ3) is 7.56. The first-order valence-corrected chi connectivity index (χ1v) is 8.78. The maximum Gasteiger partial charge on any atom is 0.405 e. The van der Waals surface area contributed by atoms with Crippen LogP contribution >= 0.6 is 12.4 Å². The molecule has 0 spiro atoms. The lowest BCUT2D eigenvalue weighted by atomic mass is 10.0. The molecule has 1 fully saturated rings. The summed E-state index contributed by atoms with van der Waals surface area (Å²) in [5.74, 6) is 0.331. The van der Waals surface area contributed by atoms with Gasteiger partial charge < -0.3 is 15.4 Å². The first kappa shape index (κ1) is 23.5. The molecule has 2 N–H and O–H groups in total. The zero-order chi connectivity index (χ0) is 19.2. The van der Waals surface area contributed by atoms with Crippen molar-refractivity contribution in [2.75, 3.05) is 39.3 Å². The SMILES string of the molecule is CC(C)c1ccc(OCC(=O)NCC(N2CCNCC2)C(F)(F)F)cc1.Cl. The van der Waals surface area contributed by atoms with Gasteiger partial charge in [-0.2, -0.15) is 13.2 Å². The van der Waals surface area contributed by atoms with Crippen LogP contribution in [0.1, 0.15) is 25.3 Å². The number of nitrogens with zero attached hydrogens (tertiary/aromatic N) is 1. The van der Waals surface area contributed by atoms with Crippen LogP contribution in [0.2, 0.25) is 0 Å². The zero-order valence-corrected chi connectivity index (χ0v) is 16.3. The minimum absolute atomic E-state index is 0. The van der Waals surface area contributed by atoms with Crippen LogP contribution in [-0.2, 0) is 4.79 Å². The van der Waals surface area contributed by atoms with Gasteiger partial charge in [0.1, 0.15) is 11.8 Å². The zero-order valence-electron chi connectivity index (χ0n) is 15.5. The summed E-state index contributed by atoms with van der Waals surface area (Å²) in [6, 6.07) is 5.63. The van der Waals surface area contributed by atoms with E-state index in [1.165, 1.54) is 4.90 Å². The van der Waals surface area contributed by atoms with E-state index in [0.29, 0.717) is 37.8 Å². The number of carbonyl (C=O) groups excluding carboxylic acids is 1. The highest BCUT2D eigenvalue weighted by atomic mass is 35.5. The average molecular weight is 410 g/mol. The normalized spacial score (nSPS) is 16.5. The molecular formula is C18H27ClF3N3O2. The van der Waals surface area contributed by atoms with E-state index in [2.05, 4.69) is 24.5 Å². The monoisotopic (exact) mass is 409 g/mol. The third-order valence-electron chi connectivity index (χ3n) is 4.38. The van der Waals surface area contributed by atoms with Gasteiger partial charge in [-0.25, -0.2) is 0 Å². The number of rotatable bonds is 7. The second-order valence-corrected chi connectivity index (χ2v) is 6.66. The number of hydrogen-bond donors (Lipinski definition) is 2. The summed E-state index contributed by atoms with van der Waals surface area (Å²) in [7, 11) is 0. The van der Waals surface area contributed by atoms with Crippen LogP contribution in [0.3, 0.4) is 0 Å². The van der Waals surface area contributed by atoms with Crippen molar-refractivity contribution in [1.29, 1.82) is 0 Å². The van der Waals surface area contributed by atoms with Crippen molar-refractivity contribution < 1.29 is 22.7 Å². The molecule has 27 heavy (non-hydrogen) atoms. The van der Waals surface area contributed by atoms with Crippen LogP contribution in [0, 0.1) is 0 Å². The molecule has 1 amide bonds.